The number of carbonyl (C=O) groups excluding carboxylic acids is 1. The Hall–Kier alpha value is -1.25. The molecule has 0 aliphatic heterocycles. The second-order valence-electron chi connectivity index (χ2n) is 3.61. The third-order valence-electron chi connectivity index (χ3n) is 2.57. The Kier molecular flexibility index (Phi) is 4.95. The lowest BCUT2D eigenvalue weighted by Crippen LogP contribution is -2.06. The van der Waals surface area contributed by atoms with E-state index in [0.717, 1.165) is 12.8 Å². The third kappa shape index (κ3) is 3.78. The van der Waals surface area contributed by atoms with E-state index < -0.39 is 5.97 Å². The van der Waals surface area contributed by atoms with Crippen molar-refractivity contribution in [3.63, 3.8) is 0 Å². The summed E-state index contributed by atoms with van der Waals surface area (Å²) in [5.74, 6) is -0.166. The molecule has 1 rings (SSSR count). The molecule has 0 heterocycles. The molecule has 15 heavy (non-hydrogen) atoms. The molecule has 0 aromatic heterocycles. The fraction of sp³-hybridized carbons (Fsp3) is 0.583. The monoisotopic (exact) mass is 210 g/mol. The largest absolute Gasteiger partial charge is 0.490 e. The van der Waals surface area contributed by atoms with Gasteiger partial charge in [-0.1, -0.05) is 18.1 Å². The lowest BCUT2D eigenvalue weighted by molar-refractivity contribution is -0.139. The summed E-state index contributed by atoms with van der Waals surface area (Å²) in [6.07, 6.45) is 9.76. The first kappa shape index (κ1) is 11.8. The van der Waals surface area contributed by atoms with Gasteiger partial charge in [0.1, 0.15) is 0 Å². The average Bonchev–Trinajstić information content (AvgIpc) is 2.31. The van der Waals surface area contributed by atoms with E-state index in [9.17, 15) is 4.79 Å². The first-order valence-electron chi connectivity index (χ1n) is 5.30. The zero-order valence-corrected chi connectivity index (χ0v) is 9.41. The normalized spacial score (nSPS) is 17.2. The molecule has 3 nitrogen and oxygen atoms in total. The van der Waals surface area contributed by atoms with Gasteiger partial charge in [0.25, 0.3) is 0 Å². The minimum atomic E-state index is -0.426. The maximum Gasteiger partial charge on any atom is 0.373 e. The lowest BCUT2D eigenvalue weighted by atomic mass is 9.95. The van der Waals surface area contributed by atoms with Crippen LogP contribution in [-0.4, -0.2) is 20.2 Å². The van der Waals surface area contributed by atoms with Crippen molar-refractivity contribution in [1.29, 1.82) is 0 Å². The van der Waals surface area contributed by atoms with Gasteiger partial charge in [0.15, 0.2) is 0 Å². The summed E-state index contributed by atoms with van der Waals surface area (Å²) in [7, 11) is 2.82. The molecular weight excluding hydrogens is 192 g/mol. The fourth-order valence-electron chi connectivity index (χ4n) is 1.69. The van der Waals surface area contributed by atoms with Crippen molar-refractivity contribution in [2.24, 2.45) is 0 Å². The van der Waals surface area contributed by atoms with Crippen LogP contribution in [0.25, 0.3) is 0 Å². The summed E-state index contributed by atoms with van der Waals surface area (Å²) < 4.78 is 9.52. The van der Waals surface area contributed by atoms with Gasteiger partial charge < -0.3 is 9.47 Å². The van der Waals surface area contributed by atoms with E-state index in [1.54, 1.807) is 6.08 Å². The molecule has 0 aromatic carbocycles. The summed E-state index contributed by atoms with van der Waals surface area (Å²) in [4.78, 5) is 11.2. The molecule has 84 valence electrons. The zero-order chi connectivity index (χ0) is 11.1. The zero-order valence-electron chi connectivity index (χ0n) is 9.41. The van der Waals surface area contributed by atoms with E-state index in [2.05, 4.69) is 4.74 Å². The predicted molar refractivity (Wildman–Crippen MR) is 58.3 cm³/mol. The van der Waals surface area contributed by atoms with Crippen molar-refractivity contribution in [1.82, 2.24) is 0 Å². The number of hydrogen-bond acceptors (Lipinski definition) is 3. The highest BCUT2D eigenvalue weighted by Gasteiger charge is 2.09. The first-order chi connectivity index (χ1) is 7.27. The second-order valence-corrected chi connectivity index (χ2v) is 3.61. The van der Waals surface area contributed by atoms with Crippen LogP contribution in [0.15, 0.2) is 23.5 Å². The highest BCUT2D eigenvalue weighted by Crippen LogP contribution is 2.22. The van der Waals surface area contributed by atoms with Crippen LogP contribution in [0.3, 0.4) is 0 Å². The maximum atomic E-state index is 11.2. The standard InChI is InChI=1S/C12H18O3/c1-14-11(12(13)15-2)9-8-10-6-4-3-5-7-10/h8-9H,3-7H2,1-2H3. The Morgan fingerprint density at radius 3 is 2.33 bits per heavy atom. The van der Waals surface area contributed by atoms with E-state index in [1.165, 1.54) is 39.1 Å². The predicted octanol–water partition coefficient (Wildman–Crippen LogP) is 2.58. The molecule has 0 bridgehead atoms. The molecule has 3 heteroatoms. The van der Waals surface area contributed by atoms with Crippen LogP contribution in [0.4, 0.5) is 0 Å². The second kappa shape index (κ2) is 6.27. The molecule has 0 saturated heterocycles. The molecule has 0 spiro atoms. The minimum absolute atomic E-state index is 0.260. The molecule has 0 N–H and O–H groups in total. The average molecular weight is 210 g/mol. The van der Waals surface area contributed by atoms with Gasteiger partial charge in [-0.25, -0.2) is 4.79 Å². The van der Waals surface area contributed by atoms with Crippen molar-refractivity contribution in [3.05, 3.63) is 23.5 Å². The fourth-order valence-corrected chi connectivity index (χ4v) is 1.69. The van der Waals surface area contributed by atoms with E-state index in [4.69, 9.17) is 4.74 Å². The molecule has 0 radical (unpaired) electrons. The molecule has 1 fully saturated rings. The van der Waals surface area contributed by atoms with Crippen molar-refractivity contribution in [3.8, 4) is 0 Å². The van der Waals surface area contributed by atoms with Crippen molar-refractivity contribution < 1.29 is 14.3 Å². The minimum Gasteiger partial charge on any atom is -0.490 e. The number of ether oxygens (including phenoxy) is 2. The van der Waals surface area contributed by atoms with Gasteiger partial charge in [0.2, 0.25) is 5.76 Å². The van der Waals surface area contributed by atoms with Gasteiger partial charge >= 0.3 is 5.97 Å². The molecule has 1 aliphatic carbocycles. The van der Waals surface area contributed by atoms with Crippen molar-refractivity contribution in [2.45, 2.75) is 32.1 Å². The Bertz CT molecular complexity index is 269. The quantitative estimate of drug-likeness (QED) is 0.408. The topological polar surface area (TPSA) is 35.5 Å². The molecule has 1 saturated carbocycles. The van der Waals surface area contributed by atoms with E-state index in [-0.39, 0.29) is 5.76 Å². The van der Waals surface area contributed by atoms with E-state index in [0.29, 0.717) is 0 Å². The van der Waals surface area contributed by atoms with Gasteiger partial charge in [-0.3, -0.25) is 0 Å². The van der Waals surface area contributed by atoms with Crippen LogP contribution in [-0.2, 0) is 14.3 Å². The number of hydrogen-bond donors (Lipinski definition) is 0. The summed E-state index contributed by atoms with van der Waals surface area (Å²) >= 11 is 0. The number of rotatable bonds is 3. The summed E-state index contributed by atoms with van der Waals surface area (Å²) in [6, 6.07) is 0. The van der Waals surface area contributed by atoms with Crippen LogP contribution >= 0.6 is 0 Å². The van der Waals surface area contributed by atoms with Gasteiger partial charge in [0.05, 0.1) is 14.2 Å². The Balaban J connectivity index is 2.62. The van der Waals surface area contributed by atoms with Gasteiger partial charge in [-0.15, -0.1) is 0 Å². The lowest BCUT2D eigenvalue weighted by Gasteiger charge is -2.12. The number of methoxy groups -OCH3 is 2. The van der Waals surface area contributed by atoms with E-state index >= 15 is 0 Å². The summed E-state index contributed by atoms with van der Waals surface area (Å²) in [5.41, 5.74) is 1.39. The van der Waals surface area contributed by atoms with Crippen LogP contribution in [0.5, 0.6) is 0 Å². The van der Waals surface area contributed by atoms with Crippen LogP contribution in [0, 0.1) is 0 Å². The molecule has 1 aliphatic rings. The SMILES string of the molecule is COC(=O)C(=CC=C1CCCCC1)OC. The van der Waals surface area contributed by atoms with E-state index in [1.807, 2.05) is 6.08 Å². The third-order valence-corrected chi connectivity index (χ3v) is 2.57. The van der Waals surface area contributed by atoms with Crippen LogP contribution in [0.2, 0.25) is 0 Å². The first-order valence-corrected chi connectivity index (χ1v) is 5.30. The molecular formula is C12H18O3. The molecule has 0 amide bonds. The van der Waals surface area contributed by atoms with Gasteiger partial charge in [0, 0.05) is 0 Å². The molecule has 0 unspecified atom stereocenters. The smallest absolute Gasteiger partial charge is 0.373 e. The Morgan fingerprint density at radius 1 is 1.13 bits per heavy atom. The van der Waals surface area contributed by atoms with Crippen molar-refractivity contribution >= 4 is 5.97 Å². The molecule has 0 atom stereocenters. The summed E-state index contributed by atoms with van der Waals surface area (Å²) in [5, 5.41) is 0. The van der Waals surface area contributed by atoms with Gasteiger partial charge in [-0.05, 0) is 31.8 Å². The number of allylic oxidation sites excluding steroid dienone is 3. The maximum absolute atomic E-state index is 11.2. The number of esters is 1. The Labute approximate surface area is 90.8 Å². The van der Waals surface area contributed by atoms with Crippen molar-refractivity contribution in [2.75, 3.05) is 14.2 Å². The molecule has 0 aromatic rings. The van der Waals surface area contributed by atoms with Gasteiger partial charge in [-0.2, -0.15) is 0 Å². The highest BCUT2D eigenvalue weighted by molar-refractivity contribution is 5.86. The van der Waals surface area contributed by atoms with Crippen LogP contribution < -0.4 is 0 Å². The Morgan fingerprint density at radius 2 is 1.80 bits per heavy atom. The summed E-state index contributed by atoms with van der Waals surface area (Å²) in [6.45, 7) is 0. The number of carbonyl (C=O) groups is 1. The van der Waals surface area contributed by atoms with Crippen LogP contribution in [0.1, 0.15) is 32.1 Å². The highest BCUT2D eigenvalue weighted by atomic mass is 16.6.